The Bertz CT molecular complexity index is 791. The average Bonchev–Trinajstić information content (AvgIpc) is 2.66. The van der Waals surface area contributed by atoms with Crippen molar-refractivity contribution in [3.63, 3.8) is 0 Å². The van der Waals surface area contributed by atoms with Crippen LogP contribution < -0.4 is 5.32 Å². The van der Waals surface area contributed by atoms with Gasteiger partial charge in [0.2, 0.25) is 5.91 Å². The highest BCUT2D eigenvalue weighted by Crippen LogP contribution is 2.20. The number of carbonyl (C=O) groups is 3. The Kier molecular flexibility index (Phi) is 7.47. The van der Waals surface area contributed by atoms with Gasteiger partial charge in [0.25, 0.3) is 0 Å². The number of Topliss-reactive ketones (excluding diaryl/α,β-unsaturated/α-hetero) is 2. The van der Waals surface area contributed by atoms with Crippen molar-refractivity contribution in [2.75, 3.05) is 5.32 Å². The zero-order valence-electron chi connectivity index (χ0n) is 16.2. The summed E-state index contributed by atoms with van der Waals surface area (Å²) in [6.07, 6.45) is 1.40. The summed E-state index contributed by atoms with van der Waals surface area (Å²) in [7, 11) is 0. The molecule has 0 bridgehead atoms. The number of para-hydroxylation sites is 1. The highest BCUT2D eigenvalue weighted by atomic mass is 16.2. The van der Waals surface area contributed by atoms with Gasteiger partial charge < -0.3 is 5.32 Å². The number of anilines is 1. The molecule has 0 spiro atoms. The van der Waals surface area contributed by atoms with Crippen molar-refractivity contribution >= 4 is 23.2 Å². The van der Waals surface area contributed by atoms with E-state index in [-0.39, 0.29) is 30.3 Å². The first-order valence-electron chi connectivity index (χ1n) is 9.42. The predicted octanol–water partition coefficient (Wildman–Crippen LogP) is 4.89. The van der Waals surface area contributed by atoms with E-state index in [1.165, 1.54) is 0 Å². The van der Waals surface area contributed by atoms with Crippen molar-refractivity contribution in [2.24, 2.45) is 5.92 Å². The number of hydrogen-bond acceptors (Lipinski definition) is 3. The second-order valence-electron chi connectivity index (χ2n) is 6.83. The lowest BCUT2D eigenvalue weighted by atomic mass is 9.89. The summed E-state index contributed by atoms with van der Waals surface area (Å²) in [5.74, 6) is -0.967. The van der Waals surface area contributed by atoms with Gasteiger partial charge in [0.05, 0.1) is 5.92 Å². The minimum atomic E-state index is -0.630. The van der Waals surface area contributed by atoms with Crippen LogP contribution in [0.15, 0.2) is 48.5 Å². The van der Waals surface area contributed by atoms with Gasteiger partial charge in [-0.05, 0) is 37.8 Å². The first kappa shape index (κ1) is 20.6. The van der Waals surface area contributed by atoms with Crippen molar-refractivity contribution in [2.45, 2.75) is 46.5 Å². The number of aryl methyl sites for hydroxylation is 2. The molecule has 4 nitrogen and oxygen atoms in total. The van der Waals surface area contributed by atoms with Gasteiger partial charge in [0.1, 0.15) is 5.78 Å². The van der Waals surface area contributed by atoms with Gasteiger partial charge in [-0.25, -0.2) is 0 Å². The van der Waals surface area contributed by atoms with Crippen LogP contribution in [0.25, 0.3) is 0 Å². The maximum atomic E-state index is 12.5. The second-order valence-corrected chi connectivity index (χ2v) is 6.83. The number of benzene rings is 2. The Morgan fingerprint density at radius 1 is 0.889 bits per heavy atom. The zero-order chi connectivity index (χ0) is 19.8. The van der Waals surface area contributed by atoms with E-state index < -0.39 is 5.92 Å². The molecule has 1 N–H and O–H groups in total. The highest BCUT2D eigenvalue weighted by Gasteiger charge is 2.25. The van der Waals surface area contributed by atoms with E-state index >= 15 is 0 Å². The van der Waals surface area contributed by atoms with E-state index in [1.807, 2.05) is 45.0 Å². The largest absolute Gasteiger partial charge is 0.326 e. The minimum absolute atomic E-state index is 0.0915. The lowest BCUT2D eigenvalue weighted by Gasteiger charge is -2.13. The number of carbonyl (C=O) groups excluding carboxylic acids is 3. The van der Waals surface area contributed by atoms with E-state index in [2.05, 4.69) is 5.32 Å². The van der Waals surface area contributed by atoms with E-state index in [4.69, 9.17) is 0 Å². The molecule has 27 heavy (non-hydrogen) atoms. The molecule has 4 heteroatoms. The van der Waals surface area contributed by atoms with Gasteiger partial charge in [0.15, 0.2) is 5.78 Å². The standard InChI is InChI=1S/C23H27NO3/c1-4-19(23(27)18-12-6-5-7-13-18)20(25)14-9-15-21(26)24-22-16(2)10-8-11-17(22)3/h5-8,10-13,19H,4,9,14-15H2,1-3H3,(H,24,26)/t19-/m1/s1. The summed E-state index contributed by atoms with van der Waals surface area (Å²) in [5.41, 5.74) is 3.42. The molecule has 1 atom stereocenters. The van der Waals surface area contributed by atoms with Crippen LogP contribution in [0.3, 0.4) is 0 Å². The summed E-state index contributed by atoms with van der Waals surface area (Å²) >= 11 is 0. The second kappa shape index (κ2) is 9.81. The zero-order valence-corrected chi connectivity index (χ0v) is 16.2. The van der Waals surface area contributed by atoms with E-state index in [1.54, 1.807) is 24.3 Å². The minimum Gasteiger partial charge on any atom is -0.326 e. The summed E-state index contributed by atoms with van der Waals surface area (Å²) in [6.45, 7) is 5.75. The Labute approximate surface area is 161 Å². The van der Waals surface area contributed by atoms with Crippen molar-refractivity contribution < 1.29 is 14.4 Å². The molecule has 2 aromatic rings. The number of rotatable bonds is 9. The van der Waals surface area contributed by atoms with Gasteiger partial charge >= 0.3 is 0 Å². The molecular weight excluding hydrogens is 338 g/mol. The van der Waals surface area contributed by atoms with Crippen LogP contribution in [0.2, 0.25) is 0 Å². The first-order valence-corrected chi connectivity index (χ1v) is 9.42. The number of hydrogen-bond donors (Lipinski definition) is 1. The van der Waals surface area contributed by atoms with E-state index in [9.17, 15) is 14.4 Å². The molecule has 1 amide bonds. The van der Waals surface area contributed by atoms with Crippen molar-refractivity contribution in [1.82, 2.24) is 0 Å². The first-order chi connectivity index (χ1) is 12.9. The Balaban J connectivity index is 1.87. The molecule has 0 fully saturated rings. The quantitative estimate of drug-likeness (QED) is 0.508. The van der Waals surface area contributed by atoms with Gasteiger partial charge in [-0.1, -0.05) is 55.5 Å². The normalized spacial score (nSPS) is 11.7. The number of amides is 1. The molecular formula is C23H27NO3. The molecule has 0 aromatic heterocycles. The topological polar surface area (TPSA) is 63.2 Å². The fourth-order valence-electron chi connectivity index (χ4n) is 3.17. The molecule has 2 rings (SSSR count). The van der Waals surface area contributed by atoms with Crippen LogP contribution in [-0.2, 0) is 9.59 Å². The molecule has 0 saturated heterocycles. The predicted molar refractivity (Wildman–Crippen MR) is 108 cm³/mol. The van der Waals surface area contributed by atoms with Crippen molar-refractivity contribution in [3.8, 4) is 0 Å². The fourth-order valence-corrected chi connectivity index (χ4v) is 3.17. The third-order valence-corrected chi connectivity index (χ3v) is 4.74. The van der Waals surface area contributed by atoms with Crippen LogP contribution in [0.5, 0.6) is 0 Å². The van der Waals surface area contributed by atoms with Gasteiger partial charge in [0, 0.05) is 24.1 Å². The van der Waals surface area contributed by atoms with Gasteiger partial charge in [-0.15, -0.1) is 0 Å². The van der Waals surface area contributed by atoms with Crippen LogP contribution in [0, 0.1) is 19.8 Å². The Hall–Kier alpha value is -2.75. The molecule has 0 radical (unpaired) electrons. The SMILES string of the molecule is CC[C@H](C(=O)CCCC(=O)Nc1c(C)cccc1C)C(=O)c1ccccc1. The Morgan fingerprint density at radius 2 is 1.52 bits per heavy atom. The lowest BCUT2D eigenvalue weighted by molar-refractivity contribution is -0.121. The van der Waals surface area contributed by atoms with E-state index in [0.29, 0.717) is 18.4 Å². The summed E-state index contributed by atoms with van der Waals surface area (Å²) in [4.78, 5) is 37.2. The molecule has 142 valence electrons. The highest BCUT2D eigenvalue weighted by molar-refractivity contribution is 6.10. The van der Waals surface area contributed by atoms with Crippen LogP contribution in [0.4, 0.5) is 5.69 Å². The summed E-state index contributed by atoms with van der Waals surface area (Å²) in [5, 5.41) is 2.93. The monoisotopic (exact) mass is 365 g/mol. The van der Waals surface area contributed by atoms with Crippen LogP contribution in [0.1, 0.15) is 54.1 Å². The lowest BCUT2D eigenvalue weighted by Crippen LogP contribution is -2.24. The van der Waals surface area contributed by atoms with Gasteiger partial charge in [-0.2, -0.15) is 0 Å². The maximum Gasteiger partial charge on any atom is 0.224 e. The molecule has 0 unspecified atom stereocenters. The smallest absolute Gasteiger partial charge is 0.224 e. The molecule has 0 aliphatic carbocycles. The average molecular weight is 365 g/mol. The summed E-state index contributed by atoms with van der Waals surface area (Å²) in [6, 6.07) is 14.7. The van der Waals surface area contributed by atoms with E-state index in [0.717, 1.165) is 16.8 Å². The van der Waals surface area contributed by atoms with Crippen LogP contribution in [-0.4, -0.2) is 17.5 Å². The third-order valence-electron chi connectivity index (χ3n) is 4.74. The van der Waals surface area contributed by atoms with Crippen LogP contribution >= 0.6 is 0 Å². The number of nitrogens with one attached hydrogen (secondary N) is 1. The number of ketones is 2. The Morgan fingerprint density at radius 3 is 2.11 bits per heavy atom. The molecule has 0 aliphatic rings. The van der Waals surface area contributed by atoms with Crippen molar-refractivity contribution in [3.05, 3.63) is 65.2 Å². The fraction of sp³-hybridized carbons (Fsp3) is 0.348. The maximum absolute atomic E-state index is 12.5. The molecule has 2 aromatic carbocycles. The van der Waals surface area contributed by atoms with Gasteiger partial charge in [-0.3, -0.25) is 14.4 Å². The molecule has 0 heterocycles. The molecule has 0 aliphatic heterocycles. The summed E-state index contributed by atoms with van der Waals surface area (Å²) < 4.78 is 0. The molecule has 0 saturated carbocycles. The van der Waals surface area contributed by atoms with Crippen molar-refractivity contribution in [1.29, 1.82) is 0 Å². The third kappa shape index (κ3) is 5.61.